The van der Waals surface area contributed by atoms with Gasteiger partial charge in [-0.1, -0.05) is 17.7 Å². The third kappa shape index (κ3) is 1.83. The molecule has 0 saturated heterocycles. The summed E-state index contributed by atoms with van der Waals surface area (Å²) in [6.07, 6.45) is 1.48. The highest BCUT2D eigenvalue weighted by atomic mass is 35.5. The first-order chi connectivity index (χ1) is 7.20. The molecular formula is C11H6ClF2N. The van der Waals surface area contributed by atoms with Crippen LogP contribution in [0, 0.1) is 11.6 Å². The quantitative estimate of drug-likeness (QED) is 0.722. The molecule has 1 nitrogen and oxygen atoms in total. The van der Waals surface area contributed by atoms with Crippen molar-refractivity contribution in [3.05, 3.63) is 53.2 Å². The number of aromatic nitrogens is 1. The number of hydrogen-bond donors (Lipinski definition) is 0. The maximum atomic E-state index is 13.4. The van der Waals surface area contributed by atoms with Crippen LogP contribution in [0.5, 0.6) is 0 Å². The molecule has 1 heterocycles. The maximum absolute atomic E-state index is 13.4. The molecule has 76 valence electrons. The van der Waals surface area contributed by atoms with E-state index < -0.39 is 11.6 Å². The minimum atomic E-state index is -0.932. The van der Waals surface area contributed by atoms with Gasteiger partial charge in [0.15, 0.2) is 11.6 Å². The van der Waals surface area contributed by atoms with Gasteiger partial charge in [-0.3, -0.25) is 4.98 Å². The third-order valence-corrected chi connectivity index (χ3v) is 2.27. The highest BCUT2D eigenvalue weighted by Crippen LogP contribution is 2.28. The van der Waals surface area contributed by atoms with Crippen molar-refractivity contribution in [3.8, 4) is 11.3 Å². The van der Waals surface area contributed by atoms with Crippen LogP contribution in [-0.4, -0.2) is 4.98 Å². The summed E-state index contributed by atoms with van der Waals surface area (Å²) in [4.78, 5) is 3.91. The lowest BCUT2D eigenvalue weighted by Gasteiger charge is -2.04. The summed E-state index contributed by atoms with van der Waals surface area (Å²) in [5.41, 5.74) is 0.316. The van der Waals surface area contributed by atoms with Gasteiger partial charge in [0.2, 0.25) is 0 Å². The zero-order valence-corrected chi connectivity index (χ0v) is 8.30. The number of hydrogen-bond acceptors (Lipinski definition) is 1. The average molecular weight is 226 g/mol. The standard InChI is InChI=1S/C11H6ClF2N/c12-8-4-2-6-15-11(8)7-3-1-5-9(13)10(7)14/h1-6H. The lowest BCUT2D eigenvalue weighted by Crippen LogP contribution is -1.91. The van der Waals surface area contributed by atoms with Gasteiger partial charge in [-0.15, -0.1) is 0 Å². The van der Waals surface area contributed by atoms with Crippen molar-refractivity contribution in [2.45, 2.75) is 0 Å². The zero-order chi connectivity index (χ0) is 10.8. The molecule has 0 saturated carbocycles. The van der Waals surface area contributed by atoms with E-state index in [-0.39, 0.29) is 11.3 Å². The van der Waals surface area contributed by atoms with Crippen LogP contribution >= 0.6 is 11.6 Å². The molecule has 4 heteroatoms. The summed E-state index contributed by atoms with van der Waals surface area (Å²) in [5, 5.41) is 0.294. The molecule has 1 aromatic heterocycles. The average Bonchev–Trinajstić information content (AvgIpc) is 2.23. The summed E-state index contributed by atoms with van der Waals surface area (Å²) >= 11 is 5.83. The molecule has 0 amide bonds. The van der Waals surface area contributed by atoms with Gasteiger partial charge in [-0.2, -0.15) is 0 Å². The number of halogens is 3. The molecule has 2 rings (SSSR count). The second kappa shape index (κ2) is 3.95. The molecule has 0 bridgehead atoms. The monoisotopic (exact) mass is 225 g/mol. The van der Waals surface area contributed by atoms with Crippen molar-refractivity contribution in [2.75, 3.05) is 0 Å². The summed E-state index contributed by atoms with van der Waals surface area (Å²) in [6.45, 7) is 0. The second-order valence-electron chi connectivity index (χ2n) is 2.94. The smallest absolute Gasteiger partial charge is 0.168 e. The Bertz CT molecular complexity index is 500. The Kier molecular flexibility index (Phi) is 2.64. The van der Waals surface area contributed by atoms with Crippen LogP contribution in [0.2, 0.25) is 5.02 Å². The molecule has 0 atom stereocenters. The number of rotatable bonds is 1. The van der Waals surface area contributed by atoms with Crippen LogP contribution in [0.15, 0.2) is 36.5 Å². The van der Waals surface area contributed by atoms with Gasteiger partial charge in [0, 0.05) is 11.8 Å². The van der Waals surface area contributed by atoms with Gasteiger partial charge in [0.25, 0.3) is 0 Å². The topological polar surface area (TPSA) is 12.9 Å². The first-order valence-corrected chi connectivity index (χ1v) is 4.63. The Balaban J connectivity index is 2.65. The van der Waals surface area contributed by atoms with Gasteiger partial charge in [-0.25, -0.2) is 8.78 Å². The molecule has 0 unspecified atom stereocenters. The fourth-order valence-corrected chi connectivity index (χ4v) is 1.49. The Morgan fingerprint density at radius 2 is 1.87 bits per heavy atom. The molecule has 15 heavy (non-hydrogen) atoms. The van der Waals surface area contributed by atoms with E-state index >= 15 is 0 Å². The summed E-state index contributed by atoms with van der Waals surface area (Å²) < 4.78 is 26.3. The molecule has 0 fully saturated rings. The first-order valence-electron chi connectivity index (χ1n) is 4.25. The summed E-state index contributed by atoms with van der Waals surface area (Å²) in [7, 11) is 0. The Hall–Kier alpha value is -1.48. The largest absolute Gasteiger partial charge is 0.255 e. The van der Waals surface area contributed by atoms with Gasteiger partial charge in [0.05, 0.1) is 10.7 Å². The van der Waals surface area contributed by atoms with Crippen LogP contribution < -0.4 is 0 Å². The molecule has 2 aromatic rings. The minimum absolute atomic E-state index is 0.0700. The molecule has 0 spiro atoms. The highest BCUT2D eigenvalue weighted by molar-refractivity contribution is 6.33. The van der Waals surface area contributed by atoms with Crippen molar-refractivity contribution in [1.82, 2.24) is 4.98 Å². The van der Waals surface area contributed by atoms with Crippen LogP contribution in [0.1, 0.15) is 0 Å². The highest BCUT2D eigenvalue weighted by Gasteiger charge is 2.12. The van der Waals surface area contributed by atoms with E-state index in [2.05, 4.69) is 4.98 Å². The maximum Gasteiger partial charge on any atom is 0.168 e. The van der Waals surface area contributed by atoms with Crippen LogP contribution in [0.4, 0.5) is 8.78 Å². The molecule has 1 aromatic carbocycles. The van der Waals surface area contributed by atoms with Crippen molar-refractivity contribution < 1.29 is 8.78 Å². The predicted octanol–water partition coefficient (Wildman–Crippen LogP) is 3.68. The van der Waals surface area contributed by atoms with Crippen molar-refractivity contribution in [3.63, 3.8) is 0 Å². The van der Waals surface area contributed by atoms with Crippen LogP contribution in [0.25, 0.3) is 11.3 Å². The van der Waals surface area contributed by atoms with E-state index in [4.69, 9.17) is 11.6 Å². The summed E-state index contributed by atoms with van der Waals surface area (Å²) in [5.74, 6) is -1.84. The Morgan fingerprint density at radius 3 is 2.60 bits per heavy atom. The first kappa shape index (κ1) is 10.1. The van der Waals surface area contributed by atoms with E-state index in [0.717, 1.165) is 6.07 Å². The number of pyridine rings is 1. The summed E-state index contributed by atoms with van der Waals surface area (Å²) in [6, 6.07) is 7.11. The Labute approximate surface area is 90.3 Å². The molecule has 0 aliphatic heterocycles. The Morgan fingerprint density at radius 1 is 1.07 bits per heavy atom. The lowest BCUT2D eigenvalue weighted by molar-refractivity contribution is 0.511. The van der Waals surface area contributed by atoms with Crippen LogP contribution in [-0.2, 0) is 0 Å². The molecular weight excluding hydrogens is 220 g/mol. The molecule has 0 aliphatic carbocycles. The SMILES string of the molecule is Fc1cccc(-c2ncccc2Cl)c1F. The van der Waals surface area contributed by atoms with E-state index in [1.165, 1.54) is 18.3 Å². The normalized spacial score (nSPS) is 10.3. The van der Waals surface area contributed by atoms with E-state index in [1.807, 2.05) is 0 Å². The number of nitrogens with zero attached hydrogens (tertiary/aromatic N) is 1. The zero-order valence-electron chi connectivity index (χ0n) is 7.55. The number of benzene rings is 1. The fraction of sp³-hybridized carbons (Fsp3) is 0. The molecule has 0 aliphatic rings. The third-order valence-electron chi connectivity index (χ3n) is 1.97. The van der Waals surface area contributed by atoms with E-state index in [1.54, 1.807) is 12.1 Å². The van der Waals surface area contributed by atoms with Crippen molar-refractivity contribution in [2.24, 2.45) is 0 Å². The minimum Gasteiger partial charge on any atom is -0.255 e. The fourth-order valence-electron chi connectivity index (χ4n) is 1.27. The van der Waals surface area contributed by atoms with Gasteiger partial charge in [0.1, 0.15) is 0 Å². The predicted molar refractivity (Wildman–Crippen MR) is 54.6 cm³/mol. The van der Waals surface area contributed by atoms with E-state index in [9.17, 15) is 8.78 Å². The van der Waals surface area contributed by atoms with Gasteiger partial charge >= 0.3 is 0 Å². The van der Waals surface area contributed by atoms with Crippen LogP contribution in [0.3, 0.4) is 0 Å². The van der Waals surface area contributed by atoms with Gasteiger partial charge < -0.3 is 0 Å². The second-order valence-corrected chi connectivity index (χ2v) is 3.34. The lowest BCUT2D eigenvalue weighted by atomic mass is 10.1. The molecule has 0 radical (unpaired) electrons. The van der Waals surface area contributed by atoms with Gasteiger partial charge in [-0.05, 0) is 24.3 Å². The van der Waals surface area contributed by atoms with E-state index in [0.29, 0.717) is 5.02 Å². The molecule has 0 N–H and O–H groups in total. The van der Waals surface area contributed by atoms with Crippen molar-refractivity contribution in [1.29, 1.82) is 0 Å². The van der Waals surface area contributed by atoms with Crippen molar-refractivity contribution >= 4 is 11.6 Å².